The first-order chi connectivity index (χ1) is 8.40. The fraction of sp³-hybridized carbons (Fsp3) is 0.273. The van der Waals surface area contributed by atoms with E-state index < -0.39 is 6.09 Å². The van der Waals surface area contributed by atoms with Gasteiger partial charge in [0.25, 0.3) is 0 Å². The number of carbonyl (C=O) groups excluding carboxylic acids is 1. The molecule has 0 heterocycles. The van der Waals surface area contributed by atoms with E-state index in [0.29, 0.717) is 16.3 Å². The Kier molecular flexibility index (Phi) is 4.79. The molecule has 0 fully saturated rings. The van der Waals surface area contributed by atoms with Crippen molar-refractivity contribution in [2.24, 2.45) is 0 Å². The molecule has 1 rings (SSSR count). The van der Waals surface area contributed by atoms with Gasteiger partial charge in [-0.15, -0.1) is 0 Å². The van der Waals surface area contributed by atoms with E-state index in [0.717, 1.165) is 0 Å². The van der Waals surface area contributed by atoms with Crippen LogP contribution in [-0.4, -0.2) is 36.2 Å². The average Bonchev–Trinajstić information content (AvgIpc) is 2.29. The van der Waals surface area contributed by atoms with E-state index in [2.05, 4.69) is 10.6 Å². The van der Waals surface area contributed by atoms with Crippen molar-refractivity contribution < 1.29 is 14.7 Å². The fourth-order valence-corrected chi connectivity index (χ4v) is 1.42. The first-order valence-electron chi connectivity index (χ1n) is 5.13. The molecule has 7 heteroatoms. The molecule has 0 bridgehead atoms. The number of rotatable bonds is 3. The van der Waals surface area contributed by atoms with Crippen molar-refractivity contribution >= 4 is 29.4 Å². The molecule has 18 heavy (non-hydrogen) atoms. The molecule has 98 valence electrons. The van der Waals surface area contributed by atoms with Crippen molar-refractivity contribution in [3.05, 3.63) is 28.8 Å². The summed E-state index contributed by atoms with van der Waals surface area (Å²) in [7, 11) is 3.22. The van der Waals surface area contributed by atoms with Gasteiger partial charge in [0.1, 0.15) is 0 Å². The van der Waals surface area contributed by atoms with E-state index in [9.17, 15) is 9.59 Å². The van der Waals surface area contributed by atoms with Gasteiger partial charge >= 0.3 is 12.1 Å². The van der Waals surface area contributed by atoms with Crippen molar-refractivity contribution in [3.8, 4) is 0 Å². The summed E-state index contributed by atoms with van der Waals surface area (Å²) >= 11 is 5.83. The smallest absolute Gasteiger partial charge is 0.404 e. The third-order valence-corrected chi connectivity index (χ3v) is 2.38. The van der Waals surface area contributed by atoms with Gasteiger partial charge in [-0.2, -0.15) is 0 Å². The van der Waals surface area contributed by atoms with Crippen LogP contribution in [0.3, 0.4) is 0 Å². The molecule has 0 atom stereocenters. The Morgan fingerprint density at radius 3 is 2.61 bits per heavy atom. The Labute approximate surface area is 110 Å². The van der Waals surface area contributed by atoms with Crippen LogP contribution in [0, 0.1) is 0 Å². The lowest BCUT2D eigenvalue weighted by atomic mass is 10.2. The largest absolute Gasteiger partial charge is 0.465 e. The van der Waals surface area contributed by atoms with Crippen molar-refractivity contribution in [2.75, 3.05) is 19.4 Å². The molecule has 0 aliphatic carbocycles. The summed E-state index contributed by atoms with van der Waals surface area (Å²) in [5.74, 6) is 0. The van der Waals surface area contributed by atoms with Gasteiger partial charge in [0, 0.05) is 31.4 Å². The lowest BCUT2D eigenvalue weighted by Crippen LogP contribution is -2.28. The van der Waals surface area contributed by atoms with Crippen molar-refractivity contribution in [3.63, 3.8) is 0 Å². The van der Waals surface area contributed by atoms with Gasteiger partial charge in [-0.25, -0.2) is 9.59 Å². The molecule has 1 aromatic carbocycles. The van der Waals surface area contributed by atoms with Crippen LogP contribution in [0.15, 0.2) is 18.2 Å². The van der Waals surface area contributed by atoms with Gasteiger partial charge in [0.15, 0.2) is 0 Å². The summed E-state index contributed by atoms with van der Waals surface area (Å²) in [6.07, 6.45) is -1.14. The number of hydrogen-bond acceptors (Lipinski definition) is 2. The number of urea groups is 1. The third kappa shape index (κ3) is 4.14. The van der Waals surface area contributed by atoms with Crippen LogP contribution in [0.25, 0.3) is 0 Å². The molecule has 0 unspecified atom stereocenters. The second-order valence-electron chi connectivity index (χ2n) is 3.78. The molecular weight excluding hydrogens is 258 g/mol. The van der Waals surface area contributed by atoms with E-state index in [4.69, 9.17) is 16.7 Å². The molecule has 0 saturated carbocycles. The minimum Gasteiger partial charge on any atom is -0.465 e. The highest BCUT2D eigenvalue weighted by Gasteiger charge is 2.09. The highest BCUT2D eigenvalue weighted by molar-refractivity contribution is 6.30. The predicted molar refractivity (Wildman–Crippen MR) is 69.0 cm³/mol. The van der Waals surface area contributed by atoms with Crippen LogP contribution in [-0.2, 0) is 6.54 Å². The Balaban J connectivity index is 2.88. The summed E-state index contributed by atoms with van der Waals surface area (Å²) in [5.41, 5.74) is 1.12. The molecule has 0 aliphatic rings. The van der Waals surface area contributed by atoms with E-state index in [-0.39, 0.29) is 12.6 Å². The Morgan fingerprint density at radius 1 is 1.39 bits per heavy atom. The van der Waals surface area contributed by atoms with E-state index in [1.807, 2.05) is 0 Å². The Hall–Kier alpha value is -1.95. The number of carboxylic acid groups (broad SMARTS) is 1. The Bertz CT molecular complexity index is 463. The van der Waals surface area contributed by atoms with Crippen molar-refractivity contribution in [1.29, 1.82) is 0 Å². The molecule has 0 aromatic heterocycles. The van der Waals surface area contributed by atoms with Crippen molar-refractivity contribution in [1.82, 2.24) is 10.2 Å². The lowest BCUT2D eigenvalue weighted by molar-refractivity contribution is 0.194. The first kappa shape index (κ1) is 14.1. The number of benzene rings is 1. The highest BCUT2D eigenvalue weighted by atomic mass is 35.5. The number of hydrogen-bond donors (Lipinski definition) is 3. The first-order valence-corrected chi connectivity index (χ1v) is 5.51. The monoisotopic (exact) mass is 271 g/mol. The number of amides is 3. The Morgan fingerprint density at radius 2 is 2.06 bits per heavy atom. The van der Waals surface area contributed by atoms with Crippen LogP contribution in [0.4, 0.5) is 15.3 Å². The maximum atomic E-state index is 11.5. The molecule has 3 N–H and O–H groups in total. The zero-order valence-corrected chi connectivity index (χ0v) is 10.8. The summed E-state index contributed by atoms with van der Waals surface area (Å²) < 4.78 is 0. The van der Waals surface area contributed by atoms with Gasteiger partial charge in [0.2, 0.25) is 0 Å². The van der Waals surface area contributed by atoms with Gasteiger partial charge < -0.3 is 20.6 Å². The van der Waals surface area contributed by atoms with Gasteiger partial charge in [-0.05, 0) is 23.8 Å². The average molecular weight is 272 g/mol. The summed E-state index contributed by atoms with van der Waals surface area (Å²) in [6, 6.07) is 4.55. The molecule has 3 amide bonds. The van der Waals surface area contributed by atoms with Crippen LogP contribution in [0.1, 0.15) is 5.56 Å². The summed E-state index contributed by atoms with van der Waals surface area (Å²) in [6.45, 7) is 0.0684. The normalized spacial score (nSPS) is 9.72. The summed E-state index contributed by atoms with van der Waals surface area (Å²) in [4.78, 5) is 23.4. The number of nitrogens with zero attached hydrogens (tertiary/aromatic N) is 1. The number of carbonyl (C=O) groups is 2. The third-order valence-electron chi connectivity index (χ3n) is 2.15. The van der Waals surface area contributed by atoms with Gasteiger partial charge in [-0.1, -0.05) is 11.6 Å². The minimum atomic E-state index is -1.14. The molecule has 6 nitrogen and oxygen atoms in total. The number of nitrogens with one attached hydrogen (secondary N) is 2. The van der Waals surface area contributed by atoms with Gasteiger partial charge in [-0.3, -0.25) is 0 Å². The SMILES string of the molecule is CN(C)C(=O)Nc1ccc(Cl)cc1CNC(=O)O. The van der Waals surface area contributed by atoms with Crippen molar-refractivity contribution in [2.45, 2.75) is 6.54 Å². The second kappa shape index (κ2) is 6.11. The summed E-state index contributed by atoms with van der Waals surface area (Å²) in [5, 5.41) is 13.9. The minimum absolute atomic E-state index is 0.0684. The molecule has 0 aliphatic heterocycles. The zero-order chi connectivity index (χ0) is 13.7. The van der Waals surface area contributed by atoms with Crippen LogP contribution in [0.2, 0.25) is 5.02 Å². The van der Waals surface area contributed by atoms with Crippen LogP contribution in [0.5, 0.6) is 0 Å². The zero-order valence-electron chi connectivity index (χ0n) is 10.0. The highest BCUT2D eigenvalue weighted by Crippen LogP contribution is 2.20. The molecule has 0 saturated heterocycles. The number of halogens is 1. The number of anilines is 1. The van der Waals surface area contributed by atoms with Crippen LogP contribution >= 0.6 is 11.6 Å². The topological polar surface area (TPSA) is 81.7 Å². The lowest BCUT2D eigenvalue weighted by Gasteiger charge is -2.15. The standard InChI is InChI=1S/C11H14ClN3O3/c1-15(2)10(16)14-9-4-3-8(12)5-7(9)6-13-11(17)18/h3-5,13H,6H2,1-2H3,(H,14,16)(H,17,18). The maximum Gasteiger partial charge on any atom is 0.404 e. The maximum absolute atomic E-state index is 11.5. The quantitative estimate of drug-likeness (QED) is 0.788. The molecular formula is C11H14ClN3O3. The fourth-order valence-electron chi connectivity index (χ4n) is 1.23. The van der Waals surface area contributed by atoms with Crippen LogP contribution < -0.4 is 10.6 Å². The van der Waals surface area contributed by atoms with E-state index >= 15 is 0 Å². The second-order valence-corrected chi connectivity index (χ2v) is 4.22. The predicted octanol–water partition coefficient (Wildman–Crippen LogP) is 2.20. The molecule has 1 aromatic rings. The van der Waals surface area contributed by atoms with E-state index in [1.54, 1.807) is 32.3 Å². The van der Waals surface area contributed by atoms with Gasteiger partial charge in [0.05, 0.1) is 0 Å². The molecule has 0 radical (unpaired) electrons. The molecule has 0 spiro atoms. The van der Waals surface area contributed by atoms with E-state index in [1.165, 1.54) is 4.90 Å².